The molecule has 0 N–H and O–H groups in total. The summed E-state index contributed by atoms with van der Waals surface area (Å²) in [6, 6.07) is 13.3. The topological polar surface area (TPSA) is 57.7 Å². The highest BCUT2D eigenvalue weighted by Gasteiger charge is 2.30. The van der Waals surface area contributed by atoms with Crippen LogP contribution in [0, 0.1) is 12.7 Å². The number of amides is 1. The van der Waals surface area contributed by atoms with Crippen molar-refractivity contribution in [2.45, 2.75) is 24.7 Å². The van der Waals surface area contributed by atoms with Crippen molar-refractivity contribution in [1.82, 2.24) is 9.21 Å². The molecule has 0 unspecified atom stereocenters. The third kappa shape index (κ3) is 4.36. The lowest BCUT2D eigenvalue weighted by atomic mass is 10.1. The van der Waals surface area contributed by atoms with E-state index in [2.05, 4.69) is 0 Å². The van der Waals surface area contributed by atoms with Crippen LogP contribution in [0.4, 0.5) is 4.39 Å². The minimum atomic E-state index is -3.56. The van der Waals surface area contributed by atoms with Crippen molar-refractivity contribution in [3.05, 3.63) is 65.5 Å². The fraction of sp³-hybridized carbons (Fsp3) is 0.350. The second-order valence-corrected chi connectivity index (χ2v) is 8.55. The van der Waals surface area contributed by atoms with Crippen LogP contribution in [0.1, 0.15) is 17.5 Å². The van der Waals surface area contributed by atoms with Crippen LogP contribution in [-0.4, -0.2) is 49.7 Å². The van der Waals surface area contributed by atoms with Gasteiger partial charge in [-0.3, -0.25) is 4.79 Å². The first kappa shape index (κ1) is 19.5. The molecule has 0 aromatic heterocycles. The van der Waals surface area contributed by atoms with Crippen LogP contribution in [0.3, 0.4) is 0 Å². The quantitative estimate of drug-likeness (QED) is 0.789. The predicted molar refractivity (Wildman–Crippen MR) is 101 cm³/mol. The van der Waals surface area contributed by atoms with E-state index in [1.165, 1.54) is 10.4 Å². The Labute approximate surface area is 159 Å². The number of hydrogen-bond donors (Lipinski definition) is 0. The van der Waals surface area contributed by atoms with E-state index in [1.54, 1.807) is 54.3 Å². The molecule has 27 heavy (non-hydrogen) atoms. The van der Waals surface area contributed by atoms with E-state index >= 15 is 0 Å². The minimum absolute atomic E-state index is 0.0776. The summed E-state index contributed by atoms with van der Waals surface area (Å²) in [7, 11) is -3.56. The summed E-state index contributed by atoms with van der Waals surface area (Å²) < 4.78 is 40.7. The number of rotatable bonds is 5. The molecule has 2 aromatic rings. The van der Waals surface area contributed by atoms with E-state index in [0.29, 0.717) is 35.5 Å². The van der Waals surface area contributed by atoms with Crippen LogP contribution in [0.25, 0.3) is 0 Å². The van der Waals surface area contributed by atoms with E-state index in [4.69, 9.17) is 0 Å². The number of aryl methyl sites for hydroxylation is 2. The first-order valence-electron chi connectivity index (χ1n) is 8.96. The smallest absolute Gasteiger partial charge is 0.243 e. The predicted octanol–water partition coefficient (Wildman–Crippen LogP) is 2.60. The lowest BCUT2D eigenvalue weighted by Crippen LogP contribution is -2.50. The average Bonchev–Trinajstić information content (AvgIpc) is 2.67. The van der Waals surface area contributed by atoms with Gasteiger partial charge in [-0.15, -0.1) is 0 Å². The third-order valence-corrected chi connectivity index (χ3v) is 6.93. The number of carbonyl (C=O) groups is 1. The molecule has 1 heterocycles. The van der Waals surface area contributed by atoms with E-state index < -0.39 is 10.0 Å². The van der Waals surface area contributed by atoms with Crippen LogP contribution in [0.2, 0.25) is 0 Å². The highest BCUT2D eigenvalue weighted by atomic mass is 32.2. The van der Waals surface area contributed by atoms with Gasteiger partial charge in [0.1, 0.15) is 5.82 Å². The molecule has 1 aliphatic heterocycles. The van der Waals surface area contributed by atoms with Crippen molar-refractivity contribution in [2.75, 3.05) is 26.2 Å². The van der Waals surface area contributed by atoms with Gasteiger partial charge < -0.3 is 4.90 Å². The number of carbonyl (C=O) groups excluding carboxylic acids is 1. The summed E-state index contributed by atoms with van der Waals surface area (Å²) in [5, 5.41) is 0. The van der Waals surface area contributed by atoms with Gasteiger partial charge in [-0.05, 0) is 36.6 Å². The Balaban J connectivity index is 1.58. The Morgan fingerprint density at radius 1 is 1.00 bits per heavy atom. The van der Waals surface area contributed by atoms with Gasteiger partial charge in [-0.25, -0.2) is 12.8 Å². The zero-order valence-electron chi connectivity index (χ0n) is 15.3. The second kappa shape index (κ2) is 8.19. The highest BCUT2D eigenvalue weighted by molar-refractivity contribution is 7.89. The second-order valence-electron chi connectivity index (χ2n) is 6.64. The monoisotopic (exact) mass is 390 g/mol. The standard InChI is InChI=1S/C20H23FN2O3S/c1-16-6-2-5-9-19(16)27(25,26)23-14-12-22(13-15-23)20(24)11-10-17-7-3-4-8-18(17)21/h2-9H,10-15H2,1H3. The van der Waals surface area contributed by atoms with E-state index in [9.17, 15) is 17.6 Å². The van der Waals surface area contributed by atoms with Crippen molar-refractivity contribution in [2.24, 2.45) is 0 Å². The first-order chi connectivity index (χ1) is 12.9. The van der Waals surface area contributed by atoms with Crippen molar-refractivity contribution in [3.63, 3.8) is 0 Å². The van der Waals surface area contributed by atoms with Gasteiger partial charge in [-0.2, -0.15) is 4.31 Å². The fourth-order valence-electron chi connectivity index (χ4n) is 3.26. The molecule has 5 nitrogen and oxygen atoms in total. The van der Waals surface area contributed by atoms with Crippen LogP contribution >= 0.6 is 0 Å². The molecule has 2 aromatic carbocycles. The van der Waals surface area contributed by atoms with E-state index in [1.807, 2.05) is 0 Å². The summed E-state index contributed by atoms with van der Waals surface area (Å²) in [5.74, 6) is -0.384. The van der Waals surface area contributed by atoms with Gasteiger partial charge in [0.05, 0.1) is 4.90 Å². The summed E-state index contributed by atoms with van der Waals surface area (Å²) in [6.45, 7) is 3.00. The molecule has 1 saturated heterocycles. The molecule has 7 heteroatoms. The van der Waals surface area contributed by atoms with Crippen molar-refractivity contribution in [3.8, 4) is 0 Å². The molecular formula is C20H23FN2O3S. The molecule has 3 rings (SSSR count). The molecule has 0 atom stereocenters. The molecule has 1 fully saturated rings. The summed E-state index contributed by atoms with van der Waals surface area (Å²) >= 11 is 0. The highest BCUT2D eigenvalue weighted by Crippen LogP contribution is 2.21. The molecule has 0 bridgehead atoms. The third-order valence-electron chi connectivity index (χ3n) is 4.87. The van der Waals surface area contributed by atoms with Crippen LogP contribution in [0.15, 0.2) is 53.4 Å². The zero-order valence-corrected chi connectivity index (χ0v) is 16.1. The molecular weight excluding hydrogens is 367 g/mol. The zero-order chi connectivity index (χ0) is 19.4. The average molecular weight is 390 g/mol. The molecule has 0 aliphatic carbocycles. The fourth-order valence-corrected chi connectivity index (χ4v) is 4.91. The number of piperazine rings is 1. The summed E-state index contributed by atoms with van der Waals surface area (Å²) in [6.07, 6.45) is 0.554. The molecule has 1 aliphatic rings. The molecule has 0 spiro atoms. The Morgan fingerprint density at radius 3 is 2.30 bits per heavy atom. The first-order valence-corrected chi connectivity index (χ1v) is 10.4. The molecule has 1 amide bonds. The van der Waals surface area contributed by atoms with Gasteiger partial charge in [0.2, 0.25) is 15.9 Å². The maximum absolute atomic E-state index is 13.7. The number of halogens is 1. The normalized spacial score (nSPS) is 15.7. The Bertz CT molecular complexity index is 922. The minimum Gasteiger partial charge on any atom is -0.340 e. The van der Waals surface area contributed by atoms with Gasteiger partial charge in [0.15, 0.2) is 0 Å². The number of sulfonamides is 1. The lowest BCUT2D eigenvalue weighted by Gasteiger charge is -2.34. The number of hydrogen-bond acceptors (Lipinski definition) is 3. The maximum atomic E-state index is 13.7. The van der Waals surface area contributed by atoms with Gasteiger partial charge in [0, 0.05) is 32.6 Å². The van der Waals surface area contributed by atoms with Crippen LogP contribution < -0.4 is 0 Å². The molecule has 144 valence electrons. The van der Waals surface area contributed by atoms with E-state index in [0.717, 1.165) is 0 Å². The lowest BCUT2D eigenvalue weighted by molar-refractivity contribution is -0.132. The molecule has 0 radical (unpaired) electrons. The van der Waals surface area contributed by atoms with Crippen LogP contribution in [-0.2, 0) is 21.2 Å². The van der Waals surface area contributed by atoms with Gasteiger partial charge in [-0.1, -0.05) is 36.4 Å². The maximum Gasteiger partial charge on any atom is 0.243 e. The largest absolute Gasteiger partial charge is 0.340 e. The Morgan fingerprint density at radius 2 is 1.63 bits per heavy atom. The van der Waals surface area contributed by atoms with E-state index in [-0.39, 0.29) is 31.2 Å². The van der Waals surface area contributed by atoms with Gasteiger partial charge >= 0.3 is 0 Å². The van der Waals surface area contributed by atoms with Crippen molar-refractivity contribution < 1.29 is 17.6 Å². The summed E-state index contributed by atoms with van der Waals surface area (Å²) in [5.41, 5.74) is 1.23. The molecule has 0 saturated carbocycles. The summed E-state index contributed by atoms with van der Waals surface area (Å²) in [4.78, 5) is 14.4. The Hall–Kier alpha value is -2.25. The number of benzene rings is 2. The van der Waals surface area contributed by atoms with Crippen molar-refractivity contribution >= 4 is 15.9 Å². The van der Waals surface area contributed by atoms with Crippen molar-refractivity contribution in [1.29, 1.82) is 0 Å². The van der Waals surface area contributed by atoms with Gasteiger partial charge in [0.25, 0.3) is 0 Å². The number of nitrogens with zero attached hydrogens (tertiary/aromatic N) is 2. The van der Waals surface area contributed by atoms with Crippen LogP contribution in [0.5, 0.6) is 0 Å². The SMILES string of the molecule is Cc1ccccc1S(=O)(=O)N1CCN(C(=O)CCc2ccccc2F)CC1. The Kier molecular flexibility index (Phi) is 5.92.